The predicted molar refractivity (Wildman–Crippen MR) is 78.8 cm³/mol. The third-order valence-corrected chi connectivity index (χ3v) is 3.33. The number of aromatic nitrogens is 1. The Labute approximate surface area is 121 Å². The molecule has 0 atom stereocenters. The number of hydrogen-bond acceptors (Lipinski definition) is 5. The molecule has 3 aromatic rings. The summed E-state index contributed by atoms with van der Waals surface area (Å²) in [5, 5.41) is 1.62. The second-order valence-electron chi connectivity index (χ2n) is 4.65. The average molecular weight is 285 g/mol. The molecule has 0 unspecified atom stereocenters. The van der Waals surface area contributed by atoms with Gasteiger partial charge in [-0.3, -0.25) is 4.98 Å². The number of benzene rings is 1. The molecule has 0 fully saturated rings. The summed E-state index contributed by atoms with van der Waals surface area (Å²) in [5.41, 5.74) is 2.23. The van der Waals surface area contributed by atoms with E-state index in [1.807, 2.05) is 25.1 Å². The molecule has 5 nitrogen and oxygen atoms in total. The van der Waals surface area contributed by atoms with Crippen LogP contribution in [0.15, 0.2) is 28.7 Å². The number of aryl methyl sites for hydroxylation is 1. The van der Waals surface area contributed by atoms with E-state index in [0.717, 1.165) is 22.0 Å². The van der Waals surface area contributed by atoms with E-state index in [4.69, 9.17) is 13.9 Å². The molecule has 3 rings (SSSR count). The molecule has 0 saturated carbocycles. The van der Waals surface area contributed by atoms with Gasteiger partial charge in [-0.1, -0.05) is 0 Å². The van der Waals surface area contributed by atoms with Gasteiger partial charge in [0.15, 0.2) is 0 Å². The molecule has 1 aromatic carbocycles. The molecule has 0 N–H and O–H groups in total. The van der Waals surface area contributed by atoms with Crippen LogP contribution in [0.2, 0.25) is 0 Å². The minimum Gasteiger partial charge on any atom is -0.497 e. The second-order valence-corrected chi connectivity index (χ2v) is 4.65. The molecule has 2 aromatic heterocycles. The van der Waals surface area contributed by atoms with Crippen molar-refractivity contribution < 1.29 is 18.7 Å². The third kappa shape index (κ3) is 2.20. The Morgan fingerprint density at radius 2 is 2.10 bits per heavy atom. The minimum atomic E-state index is -0.468. The highest BCUT2D eigenvalue weighted by atomic mass is 16.5. The van der Waals surface area contributed by atoms with Crippen molar-refractivity contribution in [2.75, 3.05) is 13.7 Å². The molecule has 21 heavy (non-hydrogen) atoms. The second kappa shape index (κ2) is 5.09. The molecular formula is C16H15NO4. The quantitative estimate of drug-likeness (QED) is 0.689. The zero-order valence-electron chi connectivity index (χ0n) is 12.1. The van der Waals surface area contributed by atoms with Crippen molar-refractivity contribution >= 4 is 27.8 Å². The van der Waals surface area contributed by atoms with E-state index in [1.165, 1.54) is 0 Å². The molecule has 5 heteroatoms. The first-order valence-electron chi connectivity index (χ1n) is 6.69. The Morgan fingerprint density at radius 1 is 1.29 bits per heavy atom. The van der Waals surface area contributed by atoms with Crippen LogP contribution >= 0.6 is 0 Å². The van der Waals surface area contributed by atoms with E-state index in [-0.39, 0.29) is 5.76 Å². The number of carbonyl (C=O) groups excluding carboxylic acids is 1. The van der Waals surface area contributed by atoms with Crippen molar-refractivity contribution in [2.24, 2.45) is 0 Å². The molecule has 0 spiro atoms. The topological polar surface area (TPSA) is 61.6 Å². The fourth-order valence-electron chi connectivity index (χ4n) is 2.33. The zero-order valence-corrected chi connectivity index (χ0v) is 12.1. The van der Waals surface area contributed by atoms with E-state index in [1.54, 1.807) is 20.1 Å². The molecule has 0 aliphatic carbocycles. The number of rotatable bonds is 3. The molecule has 0 aliphatic heterocycles. The van der Waals surface area contributed by atoms with Gasteiger partial charge >= 0.3 is 5.97 Å². The zero-order chi connectivity index (χ0) is 15.0. The Morgan fingerprint density at radius 3 is 2.81 bits per heavy atom. The Kier molecular flexibility index (Phi) is 3.25. The monoisotopic (exact) mass is 285 g/mol. The van der Waals surface area contributed by atoms with Gasteiger partial charge in [0.05, 0.1) is 19.2 Å². The maximum Gasteiger partial charge on any atom is 0.374 e. The van der Waals surface area contributed by atoms with Gasteiger partial charge in [0.1, 0.15) is 11.3 Å². The van der Waals surface area contributed by atoms with Crippen LogP contribution in [0.5, 0.6) is 5.75 Å². The summed E-state index contributed by atoms with van der Waals surface area (Å²) in [6.45, 7) is 3.95. The fraction of sp³-hybridized carbons (Fsp3) is 0.250. The molecule has 0 saturated heterocycles. The summed E-state index contributed by atoms with van der Waals surface area (Å²) in [6.07, 6.45) is 0. The smallest absolute Gasteiger partial charge is 0.374 e. The van der Waals surface area contributed by atoms with Crippen LogP contribution in [0.3, 0.4) is 0 Å². The lowest BCUT2D eigenvalue weighted by molar-refractivity contribution is 0.0493. The van der Waals surface area contributed by atoms with Gasteiger partial charge in [0, 0.05) is 22.5 Å². The number of esters is 1. The summed E-state index contributed by atoms with van der Waals surface area (Å²) in [4.78, 5) is 16.4. The van der Waals surface area contributed by atoms with Crippen molar-refractivity contribution in [3.05, 3.63) is 35.7 Å². The van der Waals surface area contributed by atoms with E-state index < -0.39 is 5.97 Å². The van der Waals surface area contributed by atoms with Crippen molar-refractivity contribution in [1.82, 2.24) is 4.98 Å². The number of hydrogen-bond donors (Lipinski definition) is 0. The molecule has 2 heterocycles. The van der Waals surface area contributed by atoms with Crippen molar-refractivity contribution in [3.8, 4) is 5.75 Å². The lowest BCUT2D eigenvalue weighted by Gasteiger charge is -2.04. The standard InChI is InChI=1S/C16H15NO4/c1-4-20-16(18)14-8-11-9(2)17-13-6-5-10(19-3)7-12(13)15(11)21-14/h5-8H,4H2,1-3H3. The molecule has 0 radical (unpaired) electrons. The van der Waals surface area contributed by atoms with Gasteiger partial charge in [-0.2, -0.15) is 0 Å². The van der Waals surface area contributed by atoms with Gasteiger partial charge in [-0.05, 0) is 32.0 Å². The number of pyridine rings is 1. The number of nitrogens with zero attached hydrogens (tertiary/aromatic N) is 1. The van der Waals surface area contributed by atoms with Crippen LogP contribution in [0, 0.1) is 6.92 Å². The van der Waals surface area contributed by atoms with Crippen LogP contribution in [0.25, 0.3) is 21.9 Å². The molecule has 108 valence electrons. The number of methoxy groups -OCH3 is 1. The van der Waals surface area contributed by atoms with Gasteiger partial charge < -0.3 is 13.9 Å². The highest BCUT2D eigenvalue weighted by molar-refractivity contribution is 6.06. The van der Waals surface area contributed by atoms with Gasteiger partial charge in [0.25, 0.3) is 0 Å². The highest BCUT2D eigenvalue weighted by Gasteiger charge is 2.17. The van der Waals surface area contributed by atoms with Crippen LogP contribution < -0.4 is 4.74 Å². The normalized spacial score (nSPS) is 11.0. The molecule has 0 aliphatic rings. The molecule has 0 bridgehead atoms. The lowest BCUT2D eigenvalue weighted by Crippen LogP contribution is -2.02. The largest absolute Gasteiger partial charge is 0.497 e. The Balaban J connectivity index is 2.28. The highest BCUT2D eigenvalue weighted by Crippen LogP contribution is 2.31. The average Bonchev–Trinajstić information content (AvgIpc) is 2.93. The van der Waals surface area contributed by atoms with Crippen LogP contribution in [0.4, 0.5) is 0 Å². The number of carbonyl (C=O) groups is 1. The predicted octanol–water partition coefficient (Wildman–Crippen LogP) is 3.47. The summed E-state index contributed by atoms with van der Waals surface area (Å²) < 4.78 is 15.9. The third-order valence-electron chi connectivity index (χ3n) is 3.33. The maximum atomic E-state index is 11.8. The first-order valence-corrected chi connectivity index (χ1v) is 6.69. The Hall–Kier alpha value is -2.56. The first kappa shape index (κ1) is 13.4. The summed E-state index contributed by atoms with van der Waals surface area (Å²) >= 11 is 0. The van der Waals surface area contributed by atoms with E-state index >= 15 is 0 Å². The molecular weight excluding hydrogens is 270 g/mol. The van der Waals surface area contributed by atoms with E-state index in [0.29, 0.717) is 17.9 Å². The number of fused-ring (bicyclic) bond motifs is 3. The van der Waals surface area contributed by atoms with Crippen LogP contribution in [-0.2, 0) is 4.74 Å². The molecule has 0 amide bonds. The maximum absolute atomic E-state index is 11.8. The van der Waals surface area contributed by atoms with Crippen LogP contribution in [0.1, 0.15) is 23.2 Å². The number of ether oxygens (including phenoxy) is 2. The minimum absolute atomic E-state index is 0.187. The Bertz CT molecular complexity index is 835. The van der Waals surface area contributed by atoms with E-state index in [2.05, 4.69) is 4.98 Å². The van der Waals surface area contributed by atoms with Crippen molar-refractivity contribution in [2.45, 2.75) is 13.8 Å². The fourth-order valence-corrected chi connectivity index (χ4v) is 2.33. The summed E-state index contributed by atoms with van der Waals surface area (Å²) in [5.74, 6) is 0.430. The van der Waals surface area contributed by atoms with E-state index in [9.17, 15) is 4.79 Å². The number of furan rings is 1. The van der Waals surface area contributed by atoms with Gasteiger partial charge in [-0.15, -0.1) is 0 Å². The first-order chi connectivity index (χ1) is 10.1. The SMILES string of the molecule is CCOC(=O)c1cc2c(C)nc3ccc(OC)cc3c2o1. The summed E-state index contributed by atoms with van der Waals surface area (Å²) in [7, 11) is 1.60. The lowest BCUT2D eigenvalue weighted by atomic mass is 10.1. The van der Waals surface area contributed by atoms with Gasteiger partial charge in [-0.25, -0.2) is 4.79 Å². The van der Waals surface area contributed by atoms with Gasteiger partial charge in [0.2, 0.25) is 5.76 Å². The van der Waals surface area contributed by atoms with Crippen LogP contribution in [-0.4, -0.2) is 24.7 Å². The summed E-state index contributed by atoms with van der Waals surface area (Å²) in [6, 6.07) is 7.24. The van der Waals surface area contributed by atoms with Crippen molar-refractivity contribution in [3.63, 3.8) is 0 Å². The van der Waals surface area contributed by atoms with Crippen molar-refractivity contribution in [1.29, 1.82) is 0 Å².